The van der Waals surface area contributed by atoms with Crippen LogP contribution in [0.3, 0.4) is 0 Å². The number of carbonyl (C=O) groups excluding carboxylic acids is 3. The molecule has 2 rings (SSSR count). The van der Waals surface area contributed by atoms with E-state index < -0.39 is 62.2 Å². The predicted molar refractivity (Wildman–Crippen MR) is 85.9 cm³/mol. The normalized spacial score (nSPS) is 20.8. The first-order valence-electron chi connectivity index (χ1n) is 7.40. The Bertz CT molecular complexity index is 867. The van der Waals surface area contributed by atoms with Crippen molar-refractivity contribution in [1.29, 1.82) is 0 Å². The minimum absolute atomic E-state index is 0.0726. The standard InChI is InChI=1S/C13H13F3N2O8S2/c1-5(19)26-11(17-7(20)4-28(24,25)13(14,15)16)6-3-27-9-2-8(21)18(9)10(6)12(22)23/h9,11H,2-4H2,1H3,(H,17,20)(H,22,23)/t9-,11?/m1/s1. The summed E-state index contributed by atoms with van der Waals surface area (Å²) in [4.78, 5) is 47.3. The quantitative estimate of drug-likeness (QED) is 0.315. The van der Waals surface area contributed by atoms with Gasteiger partial charge in [-0.2, -0.15) is 13.2 Å². The zero-order valence-electron chi connectivity index (χ0n) is 14.0. The van der Waals surface area contributed by atoms with Crippen LogP contribution in [0.15, 0.2) is 11.3 Å². The maximum atomic E-state index is 12.4. The van der Waals surface area contributed by atoms with Gasteiger partial charge in [-0.3, -0.25) is 19.3 Å². The molecule has 2 atom stereocenters. The zero-order chi connectivity index (χ0) is 21.4. The maximum Gasteiger partial charge on any atom is 0.497 e. The van der Waals surface area contributed by atoms with E-state index in [1.807, 2.05) is 0 Å². The molecule has 1 saturated heterocycles. The summed E-state index contributed by atoms with van der Waals surface area (Å²) in [5.41, 5.74) is -6.52. The third-order valence-corrected chi connectivity index (χ3v) is 6.24. The van der Waals surface area contributed by atoms with Crippen LogP contribution in [-0.2, 0) is 33.8 Å². The van der Waals surface area contributed by atoms with E-state index in [1.54, 1.807) is 5.32 Å². The van der Waals surface area contributed by atoms with Gasteiger partial charge in [0.2, 0.25) is 18.0 Å². The van der Waals surface area contributed by atoms with Crippen molar-refractivity contribution in [2.24, 2.45) is 0 Å². The smallest absolute Gasteiger partial charge is 0.477 e. The first-order valence-corrected chi connectivity index (χ1v) is 10.1. The lowest BCUT2D eigenvalue weighted by atomic mass is 10.1. The summed E-state index contributed by atoms with van der Waals surface area (Å²) >= 11 is 1.09. The molecular weight excluding hydrogens is 433 g/mol. The minimum Gasteiger partial charge on any atom is -0.477 e. The molecule has 2 heterocycles. The van der Waals surface area contributed by atoms with Crippen LogP contribution >= 0.6 is 11.8 Å². The van der Waals surface area contributed by atoms with Gasteiger partial charge >= 0.3 is 17.4 Å². The molecule has 2 N–H and O–H groups in total. The van der Waals surface area contributed by atoms with Gasteiger partial charge < -0.3 is 15.2 Å². The summed E-state index contributed by atoms with van der Waals surface area (Å²) in [5.74, 6) is -6.92. The van der Waals surface area contributed by atoms with Gasteiger partial charge in [-0.1, -0.05) is 0 Å². The number of nitrogens with one attached hydrogen (secondary N) is 1. The van der Waals surface area contributed by atoms with E-state index >= 15 is 0 Å². The summed E-state index contributed by atoms with van der Waals surface area (Å²) < 4.78 is 64.2. The van der Waals surface area contributed by atoms with Crippen molar-refractivity contribution in [3.05, 3.63) is 11.3 Å². The third kappa shape index (κ3) is 4.40. The molecule has 28 heavy (non-hydrogen) atoms. The molecule has 0 aromatic heterocycles. The first-order chi connectivity index (χ1) is 12.7. The van der Waals surface area contributed by atoms with E-state index in [4.69, 9.17) is 4.74 Å². The van der Waals surface area contributed by atoms with Crippen LogP contribution in [0.5, 0.6) is 0 Å². The number of aliphatic carboxylic acids is 1. The van der Waals surface area contributed by atoms with Gasteiger partial charge in [0.1, 0.15) is 11.4 Å². The molecule has 2 aliphatic rings. The Morgan fingerprint density at radius 1 is 1.39 bits per heavy atom. The Morgan fingerprint density at radius 3 is 2.46 bits per heavy atom. The number of hydrogen-bond acceptors (Lipinski definition) is 8. The molecule has 0 saturated carbocycles. The number of hydrogen-bond donors (Lipinski definition) is 2. The number of carbonyl (C=O) groups is 4. The van der Waals surface area contributed by atoms with E-state index in [0.717, 1.165) is 23.6 Å². The highest BCUT2D eigenvalue weighted by atomic mass is 32.2. The number of thioether (sulfide) groups is 1. The molecule has 15 heteroatoms. The SMILES string of the molecule is CC(=O)OC(NC(=O)CS(=O)(=O)C(F)(F)F)C1=C(C(=O)O)N2C(=O)C[C@H]2SC1. The Kier molecular flexibility index (Phi) is 5.98. The molecule has 2 amide bonds. The van der Waals surface area contributed by atoms with Gasteiger partial charge in [0.05, 0.1) is 11.8 Å². The molecule has 10 nitrogen and oxygen atoms in total. The van der Waals surface area contributed by atoms with Crippen LogP contribution in [0.2, 0.25) is 0 Å². The van der Waals surface area contributed by atoms with Crippen LogP contribution in [0.25, 0.3) is 0 Å². The largest absolute Gasteiger partial charge is 0.497 e. The molecule has 2 aliphatic heterocycles. The Balaban J connectivity index is 2.34. The lowest BCUT2D eigenvalue weighted by Gasteiger charge is -2.44. The Hall–Kier alpha value is -2.29. The number of rotatable bonds is 6. The molecule has 1 unspecified atom stereocenters. The summed E-state index contributed by atoms with van der Waals surface area (Å²) in [6.45, 7) is 0.889. The second kappa shape index (κ2) is 7.62. The van der Waals surface area contributed by atoms with Gasteiger partial charge in [-0.05, 0) is 0 Å². The lowest BCUT2D eigenvalue weighted by Crippen LogP contribution is -2.56. The molecule has 0 spiro atoms. The first kappa shape index (κ1) is 22.0. The monoisotopic (exact) mass is 446 g/mol. The number of ether oxygens (including phenoxy) is 1. The van der Waals surface area contributed by atoms with Gasteiger partial charge in [-0.25, -0.2) is 13.2 Å². The van der Waals surface area contributed by atoms with Crippen molar-refractivity contribution in [2.75, 3.05) is 11.5 Å². The highest BCUT2D eigenvalue weighted by Gasteiger charge is 2.49. The number of alkyl halides is 3. The van der Waals surface area contributed by atoms with E-state index in [0.29, 0.717) is 0 Å². The van der Waals surface area contributed by atoms with Gasteiger partial charge in [-0.15, -0.1) is 11.8 Å². The van der Waals surface area contributed by atoms with Crippen molar-refractivity contribution in [2.45, 2.75) is 30.5 Å². The van der Waals surface area contributed by atoms with Crippen LogP contribution in [0.4, 0.5) is 13.2 Å². The molecule has 0 aromatic rings. The number of amides is 2. The van der Waals surface area contributed by atoms with E-state index in [-0.39, 0.29) is 17.7 Å². The molecule has 1 fully saturated rings. The summed E-state index contributed by atoms with van der Waals surface area (Å²) in [6.07, 6.45) is -1.79. The predicted octanol–water partition coefficient (Wildman–Crippen LogP) is -0.430. The number of esters is 1. The molecule has 156 valence electrons. The van der Waals surface area contributed by atoms with Crippen molar-refractivity contribution in [1.82, 2.24) is 10.2 Å². The topological polar surface area (TPSA) is 147 Å². The van der Waals surface area contributed by atoms with Gasteiger partial charge in [0, 0.05) is 18.2 Å². The minimum atomic E-state index is -5.80. The summed E-state index contributed by atoms with van der Waals surface area (Å²) in [6, 6.07) is 0. The summed E-state index contributed by atoms with van der Waals surface area (Å²) in [5, 5.41) is 10.7. The van der Waals surface area contributed by atoms with Crippen molar-refractivity contribution < 1.29 is 50.6 Å². The van der Waals surface area contributed by atoms with Crippen LogP contribution in [0, 0.1) is 0 Å². The number of halogens is 3. The number of β-lactam (4-membered cyclic amide) rings is 1. The summed E-state index contributed by atoms with van der Waals surface area (Å²) in [7, 11) is -5.80. The van der Waals surface area contributed by atoms with E-state index in [1.165, 1.54) is 0 Å². The van der Waals surface area contributed by atoms with Crippen LogP contribution in [0.1, 0.15) is 13.3 Å². The fraction of sp³-hybridized carbons (Fsp3) is 0.538. The third-order valence-electron chi connectivity index (χ3n) is 3.65. The fourth-order valence-electron chi connectivity index (χ4n) is 2.43. The fourth-order valence-corrected chi connectivity index (χ4v) is 4.32. The number of carboxylic acids is 1. The van der Waals surface area contributed by atoms with Crippen molar-refractivity contribution >= 4 is 45.4 Å². The van der Waals surface area contributed by atoms with Crippen LogP contribution < -0.4 is 5.32 Å². The van der Waals surface area contributed by atoms with Crippen molar-refractivity contribution in [3.63, 3.8) is 0 Å². The van der Waals surface area contributed by atoms with E-state index in [9.17, 15) is 45.9 Å². The zero-order valence-corrected chi connectivity index (χ0v) is 15.6. The van der Waals surface area contributed by atoms with Crippen LogP contribution in [-0.4, -0.2) is 70.8 Å². The molecule has 0 radical (unpaired) electrons. The number of fused-ring (bicyclic) bond motifs is 1. The van der Waals surface area contributed by atoms with Gasteiger partial charge in [0.25, 0.3) is 9.84 Å². The molecular formula is C13H13F3N2O8S2. The second-order valence-corrected chi connectivity index (χ2v) is 8.82. The number of carboxylic acid groups (broad SMARTS) is 1. The highest BCUT2D eigenvalue weighted by molar-refractivity contribution is 8.00. The number of nitrogens with zero attached hydrogens (tertiary/aromatic N) is 1. The Labute approximate surface area is 160 Å². The average molecular weight is 446 g/mol. The van der Waals surface area contributed by atoms with Crippen molar-refractivity contribution in [3.8, 4) is 0 Å². The van der Waals surface area contributed by atoms with Gasteiger partial charge in [0.15, 0.2) is 0 Å². The maximum absolute atomic E-state index is 12.4. The number of sulfone groups is 1. The molecule has 0 bridgehead atoms. The average Bonchev–Trinajstić information content (AvgIpc) is 2.50. The van der Waals surface area contributed by atoms with E-state index in [2.05, 4.69) is 0 Å². The lowest BCUT2D eigenvalue weighted by molar-refractivity contribution is -0.149. The second-order valence-electron chi connectivity index (χ2n) is 5.67. The highest BCUT2D eigenvalue weighted by Crippen LogP contribution is 2.41. The molecule has 0 aliphatic carbocycles. The molecule has 0 aromatic carbocycles. The Morgan fingerprint density at radius 2 is 2.00 bits per heavy atom.